The highest BCUT2D eigenvalue weighted by Gasteiger charge is 2.40. The molecule has 0 radical (unpaired) electrons. The number of imide groups is 1. The lowest BCUT2D eigenvalue weighted by Gasteiger charge is -2.23. The van der Waals surface area contributed by atoms with Crippen LogP contribution in [0.3, 0.4) is 0 Å². The van der Waals surface area contributed by atoms with Crippen LogP contribution in [-0.2, 0) is 14.3 Å². The summed E-state index contributed by atoms with van der Waals surface area (Å²) in [5, 5.41) is 0.631. The van der Waals surface area contributed by atoms with E-state index in [9.17, 15) is 14.4 Å². The molecule has 1 aromatic rings. The summed E-state index contributed by atoms with van der Waals surface area (Å²) >= 11 is 0. The van der Waals surface area contributed by atoms with Crippen LogP contribution in [0.1, 0.15) is 34.6 Å². The van der Waals surface area contributed by atoms with Gasteiger partial charge in [-0.1, -0.05) is 26.0 Å². The molecule has 104 valence electrons. The lowest BCUT2D eigenvalue weighted by Crippen LogP contribution is -2.41. The van der Waals surface area contributed by atoms with E-state index in [1.54, 1.807) is 38.1 Å². The van der Waals surface area contributed by atoms with Gasteiger partial charge in [-0.25, -0.2) is 4.84 Å². The fraction of sp³-hybridized carbons (Fsp3) is 0.308. The maximum Gasteiger partial charge on any atom is 0.326 e. The largest absolute Gasteiger partial charge is 0.541 e. The molecule has 1 aliphatic rings. The van der Waals surface area contributed by atoms with Gasteiger partial charge in [-0.3, -0.25) is 14.4 Å². The number of carbonyl (C=O) groups is 3. The topological polar surface area (TPSA) is 72.9 Å². The molecule has 1 heterocycles. The van der Waals surface area contributed by atoms with Gasteiger partial charge in [-0.2, -0.15) is 0 Å². The van der Waals surface area contributed by atoms with E-state index in [1.807, 2.05) is 0 Å². The van der Waals surface area contributed by atoms with E-state index < -0.39 is 23.9 Å². The third kappa shape index (κ3) is 2.32. The highest BCUT2D eigenvalue weighted by Crippen LogP contribution is 2.24. The molecular weight excluding hydrogens is 261 g/mol. The van der Waals surface area contributed by atoms with Crippen LogP contribution in [-0.4, -0.2) is 37.0 Å². The van der Waals surface area contributed by atoms with Crippen molar-refractivity contribution >= 4 is 25.8 Å². The van der Waals surface area contributed by atoms with E-state index >= 15 is 0 Å². The quantitative estimate of drug-likeness (QED) is 0.585. The predicted molar refractivity (Wildman–Crippen MR) is 71.3 cm³/mol. The minimum Gasteiger partial charge on any atom is -0.541 e. The van der Waals surface area contributed by atoms with E-state index in [-0.39, 0.29) is 17.0 Å². The van der Waals surface area contributed by atoms with Gasteiger partial charge in [0.25, 0.3) is 11.8 Å². The monoisotopic (exact) mass is 275 g/mol. The summed E-state index contributed by atoms with van der Waals surface area (Å²) < 4.78 is 4.62. The molecular formula is C13H14BNO5. The first-order valence-electron chi connectivity index (χ1n) is 6.19. The van der Waals surface area contributed by atoms with Crippen LogP contribution in [0.15, 0.2) is 24.3 Å². The molecule has 2 rings (SSSR count). The molecule has 6 nitrogen and oxygen atoms in total. The molecule has 0 unspecified atom stereocenters. The maximum atomic E-state index is 12.1. The standard InChI is InChI=1S/C13H14BNO5/c1-7(2)10(13(18)19-14)20-15-11(16)8-5-3-4-6-9(8)12(15)17/h3-7,10H,14H2,1-2H3/t10-/m0/s1. The van der Waals surface area contributed by atoms with Gasteiger partial charge in [0, 0.05) is 0 Å². The van der Waals surface area contributed by atoms with E-state index in [0.29, 0.717) is 5.06 Å². The zero-order valence-corrected chi connectivity index (χ0v) is 11.5. The molecule has 0 bridgehead atoms. The van der Waals surface area contributed by atoms with Crippen LogP contribution in [0.25, 0.3) is 0 Å². The minimum atomic E-state index is -1.01. The predicted octanol–water partition coefficient (Wildman–Crippen LogP) is 0.330. The van der Waals surface area contributed by atoms with Gasteiger partial charge in [0.15, 0.2) is 6.10 Å². The molecule has 0 fully saturated rings. The lowest BCUT2D eigenvalue weighted by molar-refractivity contribution is -0.178. The number of nitrogens with zero attached hydrogens (tertiary/aromatic N) is 1. The Labute approximate surface area is 117 Å². The SMILES string of the molecule is BOC(=O)[C@@H](ON1C(=O)c2ccccc2C1=O)C(C)C. The Balaban J connectivity index is 2.25. The number of amides is 2. The van der Waals surface area contributed by atoms with E-state index in [1.165, 1.54) is 8.05 Å². The van der Waals surface area contributed by atoms with Gasteiger partial charge in [0.1, 0.15) is 0 Å². The molecule has 0 aliphatic carbocycles. The Hall–Kier alpha value is -2.15. The van der Waals surface area contributed by atoms with Gasteiger partial charge in [0.2, 0.25) is 0 Å². The smallest absolute Gasteiger partial charge is 0.326 e. The number of hydroxylamine groups is 2. The number of hydrogen-bond acceptors (Lipinski definition) is 5. The summed E-state index contributed by atoms with van der Waals surface area (Å²) in [6.07, 6.45) is -1.01. The molecule has 0 aromatic heterocycles. The molecule has 1 aromatic carbocycles. The Morgan fingerprint density at radius 1 is 1.15 bits per heavy atom. The molecule has 7 heteroatoms. The summed E-state index contributed by atoms with van der Waals surface area (Å²) in [5.41, 5.74) is 0.537. The second-order valence-corrected chi connectivity index (χ2v) is 4.74. The average Bonchev–Trinajstić information content (AvgIpc) is 2.68. The van der Waals surface area contributed by atoms with E-state index in [0.717, 1.165) is 0 Å². The molecule has 20 heavy (non-hydrogen) atoms. The van der Waals surface area contributed by atoms with Gasteiger partial charge >= 0.3 is 14.0 Å². The number of benzene rings is 1. The van der Waals surface area contributed by atoms with E-state index in [2.05, 4.69) is 4.65 Å². The zero-order chi connectivity index (χ0) is 14.9. The van der Waals surface area contributed by atoms with Gasteiger partial charge in [-0.15, -0.1) is 5.06 Å². The van der Waals surface area contributed by atoms with Crippen LogP contribution in [0.2, 0.25) is 0 Å². The van der Waals surface area contributed by atoms with Crippen molar-refractivity contribution in [3.63, 3.8) is 0 Å². The fourth-order valence-corrected chi connectivity index (χ4v) is 1.93. The molecule has 0 saturated carbocycles. The van der Waals surface area contributed by atoms with Crippen molar-refractivity contribution in [1.82, 2.24) is 5.06 Å². The zero-order valence-electron chi connectivity index (χ0n) is 11.5. The summed E-state index contributed by atoms with van der Waals surface area (Å²) in [7, 11) is 1.23. The number of hydrogen-bond donors (Lipinski definition) is 0. The van der Waals surface area contributed by atoms with Crippen LogP contribution in [0.5, 0.6) is 0 Å². The Morgan fingerprint density at radius 3 is 2.05 bits per heavy atom. The molecule has 1 aliphatic heterocycles. The second-order valence-electron chi connectivity index (χ2n) is 4.74. The third-order valence-electron chi connectivity index (χ3n) is 3.01. The van der Waals surface area contributed by atoms with Gasteiger partial charge in [0.05, 0.1) is 11.1 Å². The first kappa shape index (κ1) is 14.3. The Morgan fingerprint density at radius 2 is 1.65 bits per heavy atom. The Bertz CT molecular complexity index is 537. The first-order chi connectivity index (χ1) is 9.47. The van der Waals surface area contributed by atoms with Crippen molar-refractivity contribution in [2.24, 2.45) is 5.92 Å². The normalized spacial score (nSPS) is 15.4. The Kier molecular flexibility index (Phi) is 3.90. The van der Waals surface area contributed by atoms with Gasteiger partial charge in [-0.05, 0) is 18.1 Å². The van der Waals surface area contributed by atoms with Crippen LogP contribution in [0, 0.1) is 5.92 Å². The van der Waals surface area contributed by atoms with Crippen LogP contribution >= 0.6 is 0 Å². The molecule has 0 N–H and O–H groups in total. The molecule has 1 atom stereocenters. The number of carbonyl (C=O) groups excluding carboxylic acids is 3. The van der Waals surface area contributed by atoms with Crippen molar-refractivity contribution in [2.75, 3.05) is 0 Å². The molecule has 0 spiro atoms. The fourth-order valence-electron chi connectivity index (χ4n) is 1.93. The average molecular weight is 275 g/mol. The second kappa shape index (κ2) is 5.46. The molecule has 2 amide bonds. The van der Waals surface area contributed by atoms with Crippen molar-refractivity contribution in [3.8, 4) is 0 Å². The van der Waals surface area contributed by atoms with Crippen molar-refractivity contribution in [1.29, 1.82) is 0 Å². The third-order valence-corrected chi connectivity index (χ3v) is 3.01. The highest BCUT2D eigenvalue weighted by atomic mass is 16.7. The summed E-state index contributed by atoms with van der Waals surface area (Å²) in [5.74, 6) is -2.01. The number of rotatable bonds is 4. The van der Waals surface area contributed by atoms with Gasteiger partial charge < -0.3 is 4.65 Å². The van der Waals surface area contributed by atoms with Crippen LogP contribution in [0.4, 0.5) is 0 Å². The van der Waals surface area contributed by atoms with E-state index in [4.69, 9.17) is 4.84 Å². The summed E-state index contributed by atoms with van der Waals surface area (Å²) in [6.45, 7) is 3.47. The summed E-state index contributed by atoms with van der Waals surface area (Å²) in [6, 6.07) is 6.41. The first-order valence-corrected chi connectivity index (χ1v) is 6.19. The van der Waals surface area contributed by atoms with Crippen molar-refractivity contribution in [2.45, 2.75) is 20.0 Å². The number of fused-ring (bicyclic) bond motifs is 1. The van der Waals surface area contributed by atoms with Crippen molar-refractivity contribution in [3.05, 3.63) is 35.4 Å². The maximum absolute atomic E-state index is 12.1. The lowest BCUT2D eigenvalue weighted by atomic mass is 10.1. The molecule has 0 saturated heterocycles. The minimum absolute atomic E-state index is 0.244. The summed E-state index contributed by atoms with van der Waals surface area (Å²) in [4.78, 5) is 41.1. The van der Waals surface area contributed by atoms with Crippen molar-refractivity contribution < 1.29 is 23.9 Å². The highest BCUT2D eigenvalue weighted by molar-refractivity contribution is 6.20. The van der Waals surface area contributed by atoms with Crippen LogP contribution < -0.4 is 0 Å².